The van der Waals surface area contributed by atoms with Crippen LogP contribution in [0.25, 0.3) is 0 Å². The molecule has 2 N–H and O–H groups in total. The molecule has 4 heteroatoms. The lowest BCUT2D eigenvalue weighted by Gasteiger charge is -2.36. The van der Waals surface area contributed by atoms with E-state index in [-0.39, 0.29) is 12.4 Å². The summed E-state index contributed by atoms with van der Waals surface area (Å²) in [6.07, 6.45) is 8.90. The Kier molecular flexibility index (Phi) is 4.02. The first-order valence-electron chi connectivity index (χ1n) is 8.32. The fraction of sp³-hybridized carbons (Fsp3) is 0.938. The van der Waals surface area contributed by atoms with Crippen molar-refractivity contribution in [2.24, 2.45) is 35.3 Å². The van der Waals surface area contributed by atoms with Gasteiger partial charge >= 0.3 is 0 Å². The molecule has 20 heavy (non-hydrogen) atoms. The van der Waals surface area contributed by atoms with E-state index in [0.717, 1.165) is 43.2 Å². The maximum absolute atomic E-state index is 12.9. The van der Waals surface area contributed by atoms with Gasteiger partial charge in [-0.25, -0.2) is 0 Å². The van der Waals surface area contributed by atoms with Crippen molar-refractivity contribution in [3.05, 3.63) is 0 Å². The highest BCUT2D eigenvalue weighted by molar-refractivity contribution is 5.85. The van der Waals surface area contributed by atoms with Crippen LogP contribution in [0.3, 0.4) is 0 Å². The second-order valence-electron chi connectivity index (χ2n) is 7.27. The predicted octanol–water partition coefficient (Wildman–Crippen LogP) is 2.43. The maximum atomic E-state index is 12.9. The minimum Gasteiger partial charge on any atom is -0.339 e. The number of amides is 1. The number of carbonyl (C=O) groups excluding carboxylic acids is 1. The molecular weight excluding hydrogens is 272 g/mol. The van der Waals surface area contributed by atoms with Gasteiger partial charge in [-0.1, -0.05) is 0 Å². The van der Waals surface area contributed by atoms with E-state index < -0.39 is 0 Å². The first-order chi connectivity index (χ1) is 9.31. The van der Waals surface area contributed by atoms with E-state index in [4.69, 9.17) is 5.73 Å². The molecule has 5 atom stereocenters. The van der Waals surface area contributed by atoms with Crippen LogP contribution in [0.15, 0.2) is 0 Å². The molecule has 4 aliphatic rings. The molecule has 114 valence electrons. The standard InChI is InChI=1S/C16H26N2O.ClH/c17-7-6-12-3-1-2-8-18(12)16(19)15-13-10-4-5-11(9-10)14(13)15;/h10-15H,1-9,17H2;1H. The van der Waals surface area contributed by atoms with E-state index in [0.29, 0.717) is 17.9 Å². The highest BCUT2D eigenvalue weighted by Crippen LogP contribution is 2.69. The maximum Gasteiger partial charge on any atom is 0.226 e. The van der Waals surface area contributed by atoms with Crippen LogP contribution in [-0.4, -0.2) is 29.9 Å². The SMILES string of the molecule is Cl.NCCC1CCCCN1C(=O)C1C2C3CCC(C3)C12. The number of fused-ring (bicyclic) bond motifs is 5. The molecule has 0 spiro atoms. The molecule has 1 amide bonds. The molecule has 0 aromatic carbocycles. The van der Waals surface area contributed by atoms with Gasteiger partial charge in [-0.2, -0.15) is 0 Å². The minimum absolute atomic E-state index is 0. The molecule has 2 bridgehead atoms. The highest BCUT2D eigenvalue weighted by Gasteiger charge is 2.68. The summed E-state index contributed by atoms with van der Waals surface area (Å²) in [6, 6.07) is 0.449. The van der Waals surface area contributed by atoms with Crippen molar-refractivity contribution in [3.63, 3.8) is 0 Å². The van der Waals surface area contributed by atoms with Gasteiger partial charge in [-0.15, -0.1) is 12.4 Å². The average Bonchev–Trinajstić information content (AvgIpc) is 2.87. The van der Waals surface area contributed by atoms with Crippen LogP contribution in [0.1, 0.15) is 44.9 Å². The van der Waals surface area contributed by atoms with E-state index >= 15 is 0 Å². The van der Waals surface area contributed by atoms with Crippen molar-refractivity contribution in [2.75, 3.05) is 13.1 Å². The van der Waals surface area contributed by atoms with Gasteiger partial charge in [0.15, 0.2) is 0 Å². The summed E-state index contributed by atoms with van der Waals surface area (Å²) < 4.78 is 0. The van der Waals surface area contributed by atoms with Crippen LogP contribution in [0.4, 0.5) is 0 Å². The molecule has 0 aromatic rings. The molecule has 0 aromatic heterocycles. The summed E-state index contributed by atoms with van der Waals surface area (Å²) in [5.74, 6) is 4.30. The number of carbonyl (C=O) groups is 1. The average molecular weight is 299 g/mol. The number of piperidine rings is 1. The number of rotatable bonds is 3. The van der Waals surface area contributed by atoms with Crippen LogP contribution < -0.4 is 5.73 Å². The van der Waals surface area contributed by atoms with Crippen molar-refractivity contribution >= 4 is 18.3 Å². The number of nitrogens with zero attached hydrogens (tertiary/aromatic N) is 1. The van der Waals surface area contributed by atoms with E-state index in [1.165, 1.54) is 38.5 Å². The van der Waals surface area contributed by atoms with Crippen molar-refractivity contribution in [3.8, 4) is 0 Å². The van der Waals surface area contributed by atoms with Gasteiger partial charge in [0.2, 0.25) is 5.91 Å². The lowest BCUT2D eigenvalue weighted by atomic mass is 9.96. The third-order valence-electron chi connectivity index (χ3n) is 6.43. The number of hydrogen-bond acceptors (Lipinski definition) is 2. The van der Waals surface area contributed by atoms with Crippen molar-refractivity contribution in [2.45, 2.75) is 51.0 Å². The molecule has 4 rings (SSSR count). The normalized spacial score (nSPS) is 45.0. The van der Waals surface area contributed by atoms with Gasteiger partial charge in [0.25, 0.3) is 0 Å². The van der Waals surface area contributed by atoms with Crippen LogP contribution in [0, 0.1) is 29.6 Å². The first-order valence-corrected chi connectivity index (χ1v) is 8.32. The third kappa shape index (κ3) is 2.09. The van der Waals surface area contributed by atoms with Crippen LogP contribution in [0.2, 0.25) is 0 Å². The Hall–Kier alpha value is -0.280. The Labute approximate surface area is 128 Å². The molecule has 3 saturated carbocycles. The lowest BCUT2D eigenvalue weighted by molar-refractivity contribution is -0.137. The fourth-order valence-corrected chi connectivity index (χ4v) is 5.63. The number of halogens is 1. The molecule has 1 heterocycles. The van der Waals surface area contributed by atoms with Gasteiger partial charge in [-0.05, 0) is 75.2 Å². The van der Waals surface area contributed by atoms with Gasteiger partial charge in [-0.3, -0.25) is 4.79 Å². The van der Waals surface area contributed by atoms with Crippen LogP contribution in [0.5, 0.6) is 0 Å². The molecular formula is C16H27ClN2O. The zero-order chi connectivity index (χ0) is 13.0. The fourth-order valence-electron chi connectivity index (χ4n) is 5.63. The molecule has 0 radical (unpaired) electrons. The topological polar surface area (TPSA) is 46.3 Å². The van der Waals surface area contributed by atoms with E-state index in [2.05, 4.69) is 4.90 Å². The Morgan fingerprint density at radius 1 is 1.10 bits per heavy atom. The molecule has 3 aliphatic carbocycles. The van der Waals surface area contributed by atoms with Gasteiger partial charge < -0.3 is 10.6 Å². The van der Waals surface area contributed by atoms with Gasteiger partial charge in [0.1, 0.15) is 0 Å². The number of nitrogens with two attached hydrogens (primary N) is 1. The molecule has 5 unspecified atom stereocenters. The van der Waals surface area contributed by atoms with E-state index in [9.17, 15) is 4.79 Å². The highest BCUT2D eigenvalue weighted by atomic mass is 35.5. The van der Waals surface area contributed by atoms with Crippen molar-refractivity contribution in [1.29, 1.82) is 0 Å². The molecule has 1 aliphatic heterocycles. The smallest absolute Gasteiger partial charge is 0.226 e. The third-order valence-corrected chi connectivity index (χ3v) is 6.43. The van der Waals surface area contributed by atoms with Crippen molar-refractivity contribution in [1.82, 2.24) is 4.90 Å². The van der Waals surface area contributed by atoms with Crippen LogP contribution >= 0.6 is 12.4 Å². The second-order valence-corrected chi connectivity index (χ2v) is 7.27. The van der Waals surface area contributed by atoms with Gasteiger partial charge in [0, 0.05) is 18.5 Å². The molecule has 4 fully saturated rings. The number of hydrogen-bond donors (Lipinski definition) is 1. The van der Waals surface area contributed by atoms with E-state index in [1.54, 1.807) is 0 Å². The minimum atomic E-state index is 0. The monoisotopic (exact) mass is 298 g/mol. The Balaban J connectivity index is 0.00000121. The summed E-state index contributed by atoms with van der Waals surface area (Å²) in [6.45, 7) is 1.71. The van der Waals surface area contributed by atoms with Crippen LogP contribution in [-0.2, 0) is 4.79 Å². The largest absolute Gasteiger partial charge is 0.339 e. The second kappa shape index (κ2) is 5.49. The summed E-state index contributed by atoms with van der Waals surface area (Å²) >= 11 is 0. The Morgan fingerprint density at radius 3 is 2.45 bits per heavy atom. The zero-order valence-corrected chi connectivity index (χ0v) is 13.0. The summed E-state index contributed by atoms with van der Waals surface area (Å²) in [4.78, 5) is 15.1. The summed E-state index contributed by atoms with van der Waals surface area (Å²) in [7, 11) is 0. The molecule has 3 nitrogen and oxygen atoms in total. The Bertz CT molecular complexity index is 371. The first kappa shape index (κ1) is 14.6. The quantitative estimate of drug-likeness (QED) is 0.870. The number of likely N-dealkylation sites (tertiary alicyclic amines) is 1. The van der Waals surface area contributed by atoms with Crippen molar-refractivity contribution < 1.29 is 4.79 Å². The van der Waals surface area contributed by atoms with E-state index in [1.807, 2.05) is 0 Å². The summed E-state index contributed by atoms with van der Waals surface area (Å²) in [5.41, 5.74) is 5.72. The van der Waals surface area contributed by atoms with Gasteiger partial charge in [0.05, 0.1) is 0 Å². The summed E-state index contributed by atoms with van der Waals surface area (Å²) in [5, 5.41) is 0. The lowest BCUT2D eigenvalue weighted by Crippen LogP contribution is -2.46. The molecule has 1 saturated heterocycles. The Morgan fingerprint density at radius 2 is 1.80 bits per heavy atom. The zero-order valence-electron chi connectivity index (χ0n) is 12.2. The predicted molar refractivity (Wildman–Crippen MR) is 81.6 cm³/mol.